The van der Waals surface area contributed by atoms with E-state index in [0.717, 1.165) is 11.8 Å². The van der Waals surface area contributed by atoms with Crippen molar-refractivity contribution >= 4 is 11.8 Å². The van der Waals surface area contributed by atoms with E-state index in [1.165, 1.54) is 35.3 Å². The number of rotatable bonds is 5. The van der Waals surface area contributed by atoms with Gasteiger partial charge in [0.1, 0.15) is 0 Å². The minimum Gasteiger partial charge on any atom is -0.309 e. The maximum atomic E-state index is 3.68. The van der Waals surface area contributed by atoms with E-state index < -0.39 is 0 Å². The number of hydrogen-bond donors (Lipinski definition) is 1. The van der Waals surface area contributed by atoms with Crippen LogP contribution < -0.4 is 5.32 Å². The third kappa shape index (κ3) is 3.50. The van der Waals surface area contributed by atoms with Gasteiger partial charge in [0, 0.05) is 11.3 Å². The smallest absolute Gasteiger partial charge is 0.0440 e. The van der Waals surface area contributed by atoms with E-state index in [2.05, 4.69) is 78.6 Å². The molecule has 1 aliphatic heterocycles. The normalized spacial score (nSPS) is 19.6. The van der Waals surface area contributed by atoms with E-state index in [9.17, 15) is 0 Å². The van der Waals surface area contributed by atoms with Crippen LogP contribution in [-0.2, 0) is 0 Å². The Labute approximate surface area is 132 Å². The Morgan fingerprint density at radius 2 is 1.76 bits per heavy atom. The summed E-state index contributed by atoms with van der Waals surface area (Å²) in [6.45, 7) is 3.23. The van der Waals surface area contributed by atoms with Crippen LogP contribution >= 0.6 is 11.8 Å². The van der Waals surface area contributed by atoms with Crippen molar-refractivity contribution in [2.45, 2.75) is 31.1 Å². The maximum Gasteiger partial charge on any atom is 0.0440 e. The van der Waals surface area contributed by atoms with Gasteiger partial charge in [-0.25, -0.2) is 0 Å². The average Bonchev–Trinajstić information content (AvgIpc) is 3.08. The molecule has 0 aromatic heterocycles. The molecule has 0 radical (unpaired) electrons. The van der Waals surface area contributed by atoms with E-state index in [0.29, 0.717) is 6.04 Å². The highest BCUT2D eigenvalue weighted by atomic mass is 32.2. The van der Waals surface area contributed by atoms with E-state index >= 15 is 0 Å². The second kappa shape index (κ2) is 7.15. The highest BCUT2D eigenvalue weighted by Crippen LogP contribution is 2.36. The molecule has 0 aliphatic carbocycles. The zero-order chi connectivity index (χ0) is 14.5. The van der Waals surface area contributed by atoms with Crippen molar-refractivity contribution in [3.8, 4) is 11.1 Å². The van der Waals surface area contributed by atoms with Gasteiger partial charge in [0.2, 0.25) is 0 Å². The molecule has 0 saturated carbocycles. The molecule has 2 atom stereocenters. The van der Waals surface area contributed by atoms with Crippen LogP contribution in [0.25, 0.3) is 11.1 Å². The molecule has 1 N–H and O–H groups in total. The van der Waals surface area contributed by atoms with Gasteiger partial charge in [-0.3, -0.25) is 0 Å². The van der Waals surface area contributed by atoms with Crippen molar-refractivity contribution in [3.63, 3.8) is 0 Å². The number of thioether (sulfide) groups is 1. The summed E-state index contributed by atoms with van der Waals surface area (Å²) in [6, 6.07) is 20.2. The molecule has 21 heavy (non-hydrogen) atoms. The van der Waals surface area contributed by atoms with E-state index in [4.69, 9.17) is 0 Å². The van der Waals surface area contributed by atoms with Gasteiger partial charge < -0.3 is 5.32 Å². The molecule has 2 heteroatoms. The predicted molar refractivity (Wildman–Crippen MR) is 93.8 cm³/mol. The van der Waals surface area contributed by atoms with E-state index in [-0.39, 0.29) is 0 Å². The molecule has 1 heterocycles. The first-order chi connectivity index (χ1) is 10.4. The van der Waals surface area contributed by atoms with Crippen molar-refractivity contribution in [1.29, 1.82) is 0 Å². The molecule has 3 rings (SSSR count). The topological polar surface area (TPSA) is 12.0 Å². The highest BCUT2D eigenvalue weighted by Gasteiger charge is 2.26. The van der Waals surface area contributed by atoms with Crippen LogP contribution in [0.5, 0.6) is 0 Å². The van der Waals surface area contributed by atoms with Gasteiger partial charge in [0.05, 0.1) is 0 Å². The van der Waals surface area contributed by atoms with Gasteiger partial charge >= 0.3 is 0 Å². The van der Waals surface area contributed by atoms with E-state index in [1.54, 1.807) is 0 Å². The first-order valence-corrected chi connectivity index (χ1v) is 8.93. The fourth-order valence-corrected chi connectivity index (χ4v) is 4.48. The Morgan fingerprint density at radius 3 is 2.38 bits per heavy atom. The lowest BCUT2D eigenvalue weighted by atomic mass is 9.97. The van der Waals surface area contributed by atoms with Crippen molar-refractivity contribution in [2.24, 2.45) is 0 Å². The SMILES string of the molecule is CCNC(c1ccc(-c2ccccc2)cc1)C1CCCS1. The second-order valence-electron chi connectivity index (χ2n) is 5.57. The van der Waals surface area contributed by atoms with Crippen LogP contribution in [0.4, 0.5) is 0 Å². The molecule has 1 fully saturated rings. The summed E-state index contributed by atoms with van der Waals surface area (Å²) in [7, 11) is 0. The van der Waals surface area contributed by atoms with Gasteiger partial charge in [-0.2, -0.15) is 11.8 Å². The molecule has 0 amide bonds. The third-order valence-electron chi connectivity index (χ3n) is 4.14. The first kappa shape index (κ1) is 14.7. The fraction of sp³-hybridized carbons (Fsp3) is 0.368. The molecule has 2 unspecified atom stereocenters. The average molecular weight is 297 g/mol. The van der Waals surface area contributed by atoms with Gasteiger partial charge in [-0.1, -0.05) is 61.5 Å². The van der Waals surface area contributed by atoms with Crippen molar-refractivity contribution in [1.82, 2.24) is 5.32 Å². The number of benzene rings is 2. The zero-order valence-corrected chi connectivity index (χ0v) is 13.4. The lowest BCUT2D eigenvalue weighted by Gasteiger charge is -2.24. The quantitative estimate of drug-likeness (QED) is 0.842. The predicted octanol–water partition coefficient (Wildman–Crippen LogP) is 4.90. The minimum absolute atomic E-state index is 0.493. The maximum absolute atomic E-state index is 3.68. The molecule has 0 spiro atoms. The molecule has 1 saturated heterocycles. The summed E-state index contributed by atoms with van der Waals surface area (Å²) in [6.07, 6.45) is 2.70. The van der Waals surface area contributed by atoms with Crippen LogP contribution in [-0.4, -0.2) is 17.5 Å². The molecule has 1 aliphatic rings. The Hall–Kier alpha value is -1.25. The Morgan fingerprint density at radius 1 is 1.05 bits per heavy atom. The minimum atomic E-state index is 0.493. The summed E-state index contributed by atoms with van der Waals surface area (Å²) in [4.78, 5) is 0. The van der Waals surface area contributed by atoms with Crippen LogP contribution in [0, 0.1) is 0 Å². The number of hydrogen-bond acceptors (Lipinski definition) is 2. The summed E-state index contributed by atoms with van der Waals surface area (Å²) >= 11 is 2.12. The molecule has 2 aromatic carbocycles. The van der Waals surface area contributed by atoms with Crippen LogP contribution in [0.3, 0.4) is 0 Å². The lowest BCUT2D eigenvalue weighted by molar-refractivity contribution is 0.519. The Bertz CT molecular complexity index is 544. The monoisotopic (exact) mass is 297 g/mol. The Kier molecular flexibility index (Phi) is 5.00. The highest BCUT2D eigenvalue weighted by molar-refractivity contribution is 8.00. The summed E-state index contributed by atoms with van der Waals surface area (Å²) in [5, 5.41) is 4.41. The molecule has 2 aromatic rings. The lowest BCUT2D eigenvalue weighted by Crippen LogP contribution is -2.28. The van der Waals surface area contributed by atoms with E-state index in [1.807, 2.05) is 0 Å². The Balaban J connectivity index is 1.81. The first-order valence-electron chi connectivity index (χ1n) is 7.89. The molecule has 1 nitrogen and oxygen atoms in total. The van der Waals surface area contributed by atoms with Gasteiger partial charge in [-0.05, 0) is 41.8 Å². The van der Waals surface area contributed by atoms with Gasteiger partial charge in [-0.15, -0.1) is 0 Å². The van der Waals surface area contributed by atoms with Crippen molar-refractivity contribution in [3.05, 3.63) is 60.2 Å². The summed E-state index contributed by atoms with van der Waals surface area (Å²) < 4.78 is 0. The zero-order valence-electron chi connectivity index (χ0n) is 12.6. The van der Waals surface area contributed by atoms with Crippen LogP contribution in [0.15, 0.2) is 54.6 Å². The van der Waals surface area contributed by atoms with Crippen LogP contribution in [0.2, 0.25) is 0 Å². The van der Waals surface area contributed by atoms with Gasteiger partial charge in [0.25, 0.3) is 0 Å². The molecular weight excluding hydrogens is 274 g/mol. The standard InChI is InChI=1S/C19H23NS/c1-2-20-19(18-9-6-14-21-18)17-12-10-16(11-13-17)15-7-4-3-5-8-15/h3-5,7-8,10-13,18-20H,2,6,9,14H2,1H3. The second-order valence-corrected chi connectivity index (χ2v) is 6.92. The van der Waals surface area contributed by atoms with Crippen molar-refractivity contribution in [2.75, 3.05) is 12.3 Å². The largest absolute Gasteiger partial charge is 0.309 e. The molecule has 110 valence electrons. The summed E-state index contributed by atoms with van der Waals surface area (Å²) in [5.74, 6) is 1.31. The third-order valence-corrected chi connectivity index (χ3v) is 5.60. The summed E-state index contributed by atoms with van der Waals surface area (Å²) in [5.41, 5.74) is 4.02. The molecular formula is C19H23NS. The number of nitrogens with one attached hydrogen (secondary N) is 1. The molecule has 0 bridgehead atoms. The van der Waals surface area contributed by atoms with Crippen LogP contribution in [0.1, 0.15) is 31.4 Å². The van der Waals surface area contributed by atoms with Gasteiger partial charge in [0.15, 0.2) is 0 Å². The van der Waals surface area contributed by atoms with Crippen molar-refractivity contribution < 1.29 is 0 Å². The fourth-order valence-electron chi connectivity index (χ4n) is 3.06.